The van der Waals surface area contributed by atoms with E-state index in [4.69, 9.17) is 4.74 Å². The number of thioether (sulfide) groups is 1. The lowest BCUT2D eigenvalue weighted by atomic mass is 9.97. The van der Waals surface area contributed by atoms with Crippen LogP contribution in [0.5, 0.6) is 0 Å². The number of aromatic nitrogens is 1. The number of rotatable bonds is 4. The SMILES string of the molecule is CC(C)(C)C(=O)OCC1CSC(c2cc3cccc([N+](=O)[O-])c3[nH]2)=N1. The number of aromatic amines is 1. The number of carbonyl (C=O) groups is 1. The first-order chi connectivity index (χ1) is 11.8. The summed E-state index contributed by atoms with van der Waals surface area (Å²) < 4.78 is 5.33. The van der Waals surface area contributed by atoms with Gasteiger partial charge >= 0.3 is 5.97 Å². The van der Waals surface area contributed by atoms with Crippen molar-refractivity contribution in [3.63, 3.8) is 0 Å². The highest BCUT2D eigenvalue weighted by molar-refractivity contribution is 8.14. The summed E-state index contributed by atoms with van der Waals surface area (Å²) in [6, 6.07) is 6.72. The number of nitrogens with zero attached hydrogens (tertiary/aromatic N) is 2. The third-order valence-electron chi connectivity index (χ3n) is 3.79. The van der Waals surface area contributed by atoms with E-state index in [0.29, 0.717) is 11.3 Å². The fraction of sp³-hybridized carbons (Fsp3) is 0.412. The van der Waals surface area contributed by atoms with Gasteiger partial charge in [0.15, 0.2) is 0 Å². The summed E-state index contributed by atoms with van der Waals surface area (Å²) in [5.41, 5.74) is 0.754. The maximum Gasteiger partial charge on any atom is 0.311 e. The molecule has 1 N–H and O–H groups in total. The van der Waals surface area contributed by atoms with Crippen molar-refractivity contribution in [3.8, 4) is 0 Å². The van der Waals surface area contributed by atoms with Gasteiger partial charge in [-0.15, -0.1) is 11.8 Å². The van der Waals surface area contributed by atoms with Gasteiger partial charge in [0.25, 0.3) is 5.69 Å². The number of hydrogen-bond acceptors (Lipinski definition) is 6. The van der Waals surface area contributed by atoms with Crippen molar-refractivity contribution in [2.75, 3.05) is 12.4 Å². The lowest BCUT2D eigenvalue weighted by molar-refractivity contribution is -0.383. The molecule has 1 aromatic carbocycles. The number of nitrogens with one attached hydrogen (secondary N) is 1. The zero-order chi connectivity index (χ0) is 18.2. The number of aliphatic imine (C=N–C) groups is 1. The van der Waals surface area contributed by atoms with Crippen LogP contribution in [0.1, 0.15) is 26.5 Å². The van der Waals surface area contributed by atoms with Crippen LogP contribution < -0.4 is 0 Å². The van der Waals surface area contributed by atoms with E-state index in [9.17, 15) is 14.9 Å². The van der Waals surface area contributed by atoms with Gasteiger partial charge in [-0.25, -0.2) is 0 Å². The van der Waals surface area contributed by atoms with Crippen molar-refractivity contribution in [2.24, 2.45) is 10.4 Å². The van der Waals surface area contributed by atoms with E-state index in [0.717, 1.165) is 16.1 Å². The number of carbonyl (C=O) groups excluding carboxylic acids is 1. The normalized spacial score (nSPS) is 17.6. The van der Waals surface area contributed by atoms with E-state index in [1.807, 2.05) is 32.9 Å². The van der Waals surface area contributed by atoms with Crippen molar-refractivity contribution >= 4 is 39.4 Å². The standard InChI is InChI=1S/C17H19N3O4S/c1-17(2,3)16(21)24-8-11-9-25-15(18-11)12-7-10-5-4-6-13(20(22)23)14(10)19-12/h4-7,11,19H,8-9H2,1-3H3. The minimum absolute atomic E-state index is 0.0444. The summed E-state index contributed by atoms with van der Waals surface area (Å²) in [4.78, 5) is 30.3. The second kappa shape index (κ2) is 6.51. The Balaban J connectivity index is 1.77. The molecule has 0 saturated carbocycles. The summed E-state index contributed by atoms with van der Waals surface area (Å²) in [5, 5.41) is 12.7. The van der Waals surface area contributed by atoms with E-state index in [1.165, 1.54) is 6.07 Å². The van der Waals surface area contributed by atoms with Gasteiger partial charge in [-0.2, -0.15) is 0 Å². The number of para-hydroxylation sites is 1. The lowest BCUT2D eigenvalue weighted by Gasteiger charge is -2.17. The largest absolute Gasteiger partial charge is 0.463 e. The van der Waals surface area contributed by atoms with Crippen LogP contribution >= 0.6 is 11.8 Å². The molecular weight excluding hydrogens is 342 g/mol. The number of esters is 1. The third kappa shape index (κ3) is 3.68. The molecule has 1 unspecified atom stereocenters. The Morgan fingerprint density at radius 1 is 1.48 bits per heavy atom. The van der Waals surface area contributed by atoms with Gasteiger partial charge in [0, 0.05) is 17.2 Å². The average Bonchev–Trinajstić information content (AvgIpc) is 3.17. The zero-order valence-corrected chi connectivity index (χ0v) is 15.1. The number of ether oxygens (including phenoxy) is 1. The number of benzene rings is 1. The highest BCUT2D eigenvalue weighted by Gasteiger charge is 2.27. The van der Waals surface area contributed by atoms with Gasteiger partial charge in [-0.1, -0.05) is 12.1 Å². The fourth-order valence-corrected chi connectivity index (χ4v) is 3.45. The average molecular weight is 361 g/mol. The molecule has 0 amide bonds. The minimum Gasteiger partial charge on any atom is -0.463 e. The molecule has 1 atom stereocenters. The lowest BCUT2D eigenvalue weighted by Crippen LogP contribution is -2.26. The molecule has 3 rings (SSSR count). The van der Waals surface area contributed by atoms with Crippen LogP contribution in [0.2, 0.25) is 0 Å². The number of nitro groups is 1. The highest BCUT2D eigenvalue weighted by Crippen LogP contribution is 2.30. The van der Waals surface area contributed by atoms with Crippen molar-refractivity contribution < 1.29 is 14.5 Å². The number of nitro benzene ring substituents is 1. The molecule has 1 aliphatic rings. The van der Waals surface area contributed by atoms with Gasteiger partial charge < -0.3 is 9.72 Å². The molecule has 1 aliphatic heterocycles. The van der Waals surface area contributed by atoms with Gasteiger partial charge in [0.1, 0.15) is 17.2 Å². The van der Waals surface area contributed by atoms with Gasteiger partial charge in [0.2, 0.25) is 0 Å². The van der Waals surface area contributed by atoms with Crippen LogP contribution in [-0.2, 0) is 9.53 Å². The molecule has 0 radical (unpaired) electrons. The Morgan fingerprint density at radius 2 is 2.24 bits per heavy atom. The van der Waals surface area contributed by atoms with Crippen LogP contribution in [-0.4, -0.2) is 39.3 Å². The number of hydrogen-bond donors (Lipinski definition) is 1. The molecule has 8 heteroatoms. The molecule has 2 aromatic rings. The Hall–Kier alpha value is -2.35. The molecule has 0 spiro atoms. The molecule has 0 saturated heterocycles. The van der Waals surface area contributed by atoms with E-state index in [1.54, 1.807) is 17.8 Å². The van der Waals surface area contributed by atoms with Crippen molar-refractivity contribution in [3.05, 3.63) is 40.1 Å². The van der Waals surface area contributed by atoms with Crippen LogP contribution in [0, 0.1) is 15.5 Å². The zero-order valence-electron chi connectivity index (χ0n) is 14.2. The fourth-order valence-electron chi connectivity index (χ4n) is 2.44. The van der Waals surface area contributed by atoms with Crippen LogP contribution in [0.4, 0.5) is 5.69 Å². The first-order valence-corrected chi connectivity index (χ1v) is 8.88. The van der Waals surface area contributed by atoms with E-state index >= 15 is 0 Å². The Bertz CT molecular complexity index is 866. The molecule has 132 valence electrons. The topological polar surface area (TPSA) is 97.6 Å². The highest BCUT2D eigenvalue weighted by atomic mass is 32.2. The summed E-state index contributed by atoms with van der Waals surface area (Å²) in [6.07, 6.45) is 0. The Morgan fingerprint density at radius 3 is 2.92 bits per heavy atom. The van der Waals surface area contributed by atoms with Crippen molar-refractivity contribution in [1.82, 2.24) is 4.98 Å². The first-order valence-electron chi connectivity index (χ1n) is 7.90. The van der Waals surface area contributed by atoms with Gasteiger partial charge in [-0.05, 0) is 26.8 Å². The summed E-state index contributed by atoms with van der Waals surface area (Å²) in [5.74, 6) is 0.465. The molecule has 0 fully saturated rings. The molecule has 2 heterocycles. The Kier molecular flexibility index (Phi) is 4.55. The van der Waals surface area contributed by atoms with Gasteiger partial charge in [-0.3, -0.25) is 19.9 Å². The summed E-state index contributed by atoms with van der Waals surface area (Å²) >= 11 is 1.55. The molecule has 0 bridgehead atoms. The Labute approximate surface area is 149 Å². The molecular formula is C17H19N3O4S. The van der Waals surface area contributed by atoms with Crippen LogP contribution in [0.3, 0.4) is 0 Å². The second-order valence-corrected chi connectivity index (χ2v) is 7.94. The maximum absolute atomic E-state index is 11.8. The second-order valence-electron chi connectivity index (χ2n) is 6.93. The van der Waals surface area contributed by atoms with Crippen LogP contribution in [0.25, 0.3) is 10.9 Å². The van der Waals surface area contributed by atoms with Gasteiger partial charge in [0.05, 0.1) is 22.1 Å². The number of fused-ring (bicyclic) bond motifs is 1. The van der Waals surface area contributed by atoms with E-state index < -0.39 is 10.3 Å². The quantitative estimate of drug-likeness (QED) is 0.510. The number of H-pyrrole nitrogens is 1. The third-order valence-corrected chi connectivity index (χ3v) is 4.94. The summed E-state index contributed by atoms with van der Waals surface area (Å²) in [6.45, 7) is 5.67. The minimum atomic E-state index is -0.533. The maximum atomic E-state index is 11.8. The molecule has 7 nitrogen and oxygen atoms in total. The first kappa shape index (κ1) is 17.5. The smallest absolute Gasteiger partial charge is 0.311 e. The molecule has 0 aliphatic carbocycles. The van der Waals surface area contributed by atoms with E-state index in [2.05, 4.69) is 9.98 Å². The van der Waals surface area contributed by atoms with Crippen LogP contribution in [0.15, 0.2) is 29.3 Å². The summed E-state index contributed by atoms with van der Waals surface area (Å²) in [7, 11) is 0. The molecule has 25 heavy (non-hydrogen) atoms. The predicted octanol–water partition coefficient (Wildman–Crippen LogP) is 3.53. The monoisotopic (exact) mass is 361 g/mol. The van der Waals surface area contributed by atoms with Crippen molar-refractivity contribution in [1.29, 1.82) is 0 Å². The molecule has 1 aromatic heterocycles. The van der Waals surface area contributed by atoms with Crippen molar-refractivity contribution in [2.45, 2.75) is 26.8 Å². The van der Waals surface area contributed by atoms with E-state index in [-0.39, 0.29) is 24.3 Å². The number of non-ortho nitro benzene ring substituents is 1. The predicted molar refractivity (Wildman–Crippen MR) is 98.2 cm³/mol.